The van der Waals surface area contributed by atoms with Crippen molar-refractivity contribution in [2.75, 3.05) is 0 Å². The Bertz CT molecular complexity index is 718. The normalized spacial score (nSPS) is 16.2. The van der Waals surface area contributed by atoms with Gasteiger partial charge in [-0.2, -0.15) is 0 Å². The summed E-state index contributed by atoms with van der Waals surface area (Å²) in [7, 11) is 0. The van der Waals surface area contributed by atoms with Crippen LogP contribution < -0.4 is 5.32 Å². The Morgan fingerprint density at radius 2 is 1.96 bits per heavy atom. The molecule has 2 aromatic rings. The minimum atomic E-state index is -0.966. The van der Waals surface area contributed by atoms with E-state index in [-0.39, 0.29) is 11.9 Å². The van der Waals surface area contributed by atoms with E-state index in [1.54, 1.807) is 12.3 Å². The Balaban J connectivity index is 1.93. The molecule has 120 valence electrons. The number of para-hydroxylation sites is 1. The van der Waals surface area contributed by atoms with Crippen molar-refractivity contribution in [1.29, 1.82) is 0 Å². The van der Waals surface area contributed by atoms with Crippen molar-refractivity contribution < 1.29 is 14.3 Å². The van der Waals surface area contributed by atoms with Gasteiger partial charge in [-0.1, -0.05) is 37.1 Å². The van der Waals surface area contributed by atoms with Gasteiger partial charge in [0.25, 0.3) is 5.91 Å². The van der Waals surface area contributed by atoms with Crippen molar-refractivity contribution in [2.45, 2.75) is 44.8 Å². The maximum atomic E-state index is 12.7. The summed E-state index contributed by atoms with van der Waals surface area (Å²) in [6.45, 7) is 1.31. The SMILES string of the molecule is CC(=O)OC(C(=O)NC1CCCC1)c1cccc2cccnc12. The average Bonchev–Trinajstić information content (AvgIpc) is 3.05. The highest BCUT2D eigenvalue weighted by Crippen LogP contribution is 2.27. The number of nitrogens with one attached hydrogen (secondary N) is 1. The summed E-state index contributed by atoms with van der Waals surface area (Å²) in [5, 5.41) is 3.92. The largest absolute Gasteiger partial charge is 0.447 e. The minimum absolute atomic E-state index is 0.170. The number of hydrogen-bond acceptors (Lipinski definition) is 4. The fourth-order valence-corrected chi connectivity index (χ4v) is 3.11. The molecule has 3 rings (SSSR count). The molecule has 1 aliphatic rings. The summed E-state index contributed by atoms with van der Waals surface area (Å²) in [4.78, 5) is 28.5. The number of hydrogen-bond donors (Lipinski definition) is 1. The molecule has 1 N–H and O–H groups in total. The molecule has 1 atom stereocenters. The highest BCUT2D eigenvalue weighted by atomic mass is 16.5. The van der Waals surface area contributed by atoms with Gasteiger partial charge in [-0.25, -0.2) is 0 Å². The lowest BCUT2D eigenvalue weighted by atomic mass is 10.0. The lowest BCUT2D eigenvalue weighted by Gasteiger charge is -2.20. The van der Waals surface area contributed by atoms with Crippen LogP contribution in [0.1, 0.15) is 44.3 Å². The van der Waals surface area contributed by atoms with Crippen LogP contribution in [0.15, 0.2) is 36.5 Å². The third-order valence-electron chi connectivity index (χ3n) is 4.17. The van der Waals surface area contributed by atoms with Crippen LogP contribution in [0.5, 0.6) is 0 Å². The van der Waals surface area contributed by atoms with Gasteiger partial charge in [-0.05, 0) is 18.9 Å². The smallest absolute Gasteiger partial charge is 0.303 e. The molecule has 1 aromatic carbocycles. The van der Waals surface area contributed by atoms with Crippen LogP contribution in [0, 0.1) is 0 Å². The fourth-order valence-electron chi connectivity index (χ4n) is 3.11. The number of carbonyl (C=O) groups excluding carboxylic acids is 2. The number of aromatic nitrogens is 1. The first kappa shape index (κ1) is 15.5. The Kier molecular flexibility index (Phi) is 4.55. The summed E-state index contributed by atoms with van der Waals surface area (Å²) in [6.07, 6.45) is 4.91. The van der Waals surface area contributed by atoms with Gasteiger partial charge in [0.2, 0.25) is 6.10 Å². The third-order valence-corrected chi connectivity index (χ3v) is 4.17. The molecule has 1 aromatic heterocycles. The predicted octanol–water partition coefficient (Wildman–Crippen LogP) is 2.90. The molecule has 1 fully saturated rings. The zero-order valence-corrected chi connectivity index (χ0v) is 13.1. The molecular weight excluding hydrogens is 292 g/mol. The minimum Gasteiger partial charge on any atom is -0.447 e. The lowest BCUT2D eigenvalue weighted by Crippen LogP contribution is -2.38. The second-order valence-electron chi connectivity index (χ2n) is 5.90. The molecule has 0 spiro atoms. The molecule has 5 nitrogen and oxygen atoms in total. The number of amides is 1. The summed E-state index contributed by atoms with van der Waals surface area (Å²) in [6, 6.07) is 9.49. The Labute approximate surface area is 135 Å². The standard InChI is InChI=1S/C18H20N2O3/c1-12(21)23-17(18(22)20-14-8-2-3-9-14)15-10-4-6-13-7-5-11-19-16(13)15/h4-7,10-11,14,17H,2-3,8-9H2,1H3,(H,20,22). The monoisotopic (exact) mass is 312 g/mol. The van der Waals surface area contributed by atoms with Gasteiger partial charge in [0.15, 0.2) is 0 Å². The van der Waals surface area contributed by atoms with Crippen molar-refractivity contribution in [1.82, 2.24) is 10.3 Å². The summed E-state index contributed by atoms with van der Waals surface area (Å²) in [5.74, 6) is -0.755. The zero-order chi connectivity index (χ0) is 16.2. The van der Waals surface area contributed by atoms with Crippen molar-refractivity contribution in [3.8, 4) is 0 Å². The van der Waals surface area contributed by atoms with Gasteiger partial charge in [-0.15, -0.1) is 0 Å². The second kappa shape index (κ2) is 6.77. The fraction of sp³-hybridized carbons (Fsp3) is 0.389. The quantitative estimate of drug-likeness (QED) is 0.881. The predicted molar refractivity (Wildman–Crippen MR) is 86.6 cm³/mol. The molecule has 1 unspecified atom stereocenters. The van der Waals surface area contributed by atoms with E-state index in [4.69, 9.17) is 4.74 Å². The number of fused-ring (bicyclic) bond motifs is 1. The second-order valence-corrected chi connectivity index (χ2v) is 5.90. The average molecular weight is 312 g/mol. The highest BCUT2D eigenvalue weighted by molar-refractivity contribution is 5.91. The van der Waals surface area contributed by atoms with Crippen LogP contribution in [0.2, 0.25) is 0 Å². The van der Waals surface area contributed by atoms with E-state index in [0.29, 0.717) is 11.1 Å². The van der Waals surface area contributed by atoms with Crippen LogP contribution in [-0.2, 0) is 14.3 Å². The van der Waals surface area contributed by atoms with E-state index in [1.165, 1.54) is 6.92 Å². The maximum Gasteiger partial charge on any atom is 0.303 e. The van der Waals surface area contributed by atoms with E-state index in [9.17, 15) is 9.59 Å². The number of pyridine rings is 1. The van der Waals surface area contributed by atoms with Gasteiger partial charge in [0, 0.05) is 30.1 Å². The first-order valence-corrected chi connectivity index (χ1v) is 7.96. The molecule has 5 heteroatoms. The van der Waals surface area contributed by atoms with E-state index in [0.717, 1.165) is 31.1 Å². The Morgan fingerprint density at radius 1 is 1.22 bits per heavy atom. The zero-order valence-electron chi connectivity index (χ0n) is 13.1. The molecule has 0 bridgehead atoms. The summed E-state index contributed by atoms with van der Waals surface area (Å²) in [5.41, 5.74) is 1.30. The third kappa shape index (κ3) is 3.50. The van der Waals surface area contributed by atoms with Crippen LogP contribution in [-0.4, -0.2) is 22.9 Å². The van der Waals surface area contributed by atoms with E-state index in [1.807, 2.05) is 24.3 Å². The van der Waals surface area contributed by atoms with Crippen LogP contribution in [0.4, 0.5) is 0 Å². The summed E-state index contributed by atoms with van der Waals surface area (Å²) >= 11 is 0. The van der Waals surface area contributed by atoms with E-state index >= 15 is 0 Å². The Morgan fingerprint density at radius 3 is 2.70 bits per heavy atom. The number of ether oxygens (including phenoxy) is 1. The Hall–Kier alpha value is -2.43. The number of rotatable bonds is 4. The number of nitrogens with zero attached hydrogens (tertiary/aromatic N) is 1. The van der Waals surface area contributed by atoms with Gasteiger partial charge in [0.1, 0.15) is 0 Å². The number of benzene rings is 1. The first-order chi connectivity index (χ1) is 11.1. The summed E-state index contributed by atoms with van der Waals surface area (Å²) < 4.78 is 5.33. The van der Waals surface area contributed by atoms with Gasteiger partial charge in [-0.3, -0.25) is 14.6 Å². The first-order valence-electron chi connectivity index (χ1n) is 7.96. The molecule has 0 saturated heterocycles. The molecule has 23 heavy (non-hydrogen) atoms. The number of carbonyl (C=O) groups is 2. The van der Waals surface area contributed by atoms with Crippen molar-refractivity contribution >= 4 is 22.8 Å². The molecular formula is C18H20N2O3. The molecule has 1 amide bonds. The lowest BCUT2D eigenvalue weighted by molar-refractivity contribution is -0.154. The maximum absolute atomic E-state index is 12.7. The molecule has 0 radical (unpaired) electrons. The number of esters is 1. The van der Waals surface area contributed by atoms with Crippen molar-refractivity contribution in [3.05, 3.63) is 42.1 Å². The van der Waals surface area contributed by atoms with Crippen LogP contribution in [0.3, 0.4) is 0 Å². The topological polar surface area (TPSA) is 68.3 Å². The van der Waals surface area contributed by atoms with E-state index in [2.05, 4.69) is 10.3 Å². The van der Waals surface area contributed by atoms with Crippen LogP contribution >= 0.6 is 0 Å². The van der Waals surface area contributed by atoms with E-state index < -0.39 is 12.1 Å². The highest BCUT2D eigenvalue weighted by Gasteiger charge is 2.28. The van der Waals surface area contributed by atoms with Crippen molar-refractivity contribution in [2.24, 2.45) is 0 Å². The van der Waals surface area contributed by atoms with Gasteiger partial charge < -0.3 is 10.1 Å². The molecule has 1 heterocycles. The van der Waals surface area contributed by atoms with Crippen LogP contribution in [0.25, 0.3) is 10.9 Å². The molecule has 0 aliphatic heterocycles. The molecule has 1 aliphatic carbocycles. The van der Waals surface area contributed by atoms with Gasteiger partial charge in [0.05, 0.1) is 5.52 Å². The van der Waals surface area contributed by atoms with Gasteiger partial charge >= 0.3 is 5.97 Å². The molecule has 1 saturated carbocycles. The van der Waals surface area contributed by atoms with Crippen molar-refractivity contribution in [3.63, 3.8) is 0 Å².